The number of rotatable bonds is 5. The number of hydrogen-bond donors (Lipinski definition) is 1. The molecule has 0 spiro atoms. The molecule has 1 aliphatic carbocycles. The minimum Gasteiger partial charge on any atom is -0.477 e. The lowest BCUT2D eigenvalue weighted by molar-refractivity contribution is 0.0653. The predicted octanol–water partition coefficient (Wildman–Crippen LogP) is 2.40. The summed E-state index contributed by atoms with van der Waals surface area (Å²) in [6.07, 6.45) is 8.84. The highest BCUT2D eigenvalue weighted by Crippen LogP contribution is 2.35. The summed E-state index contributed by atoms with van der Waals surface area (Å²) in [5.41, 5.74) is 1.66. The Hall–Kier alpha value is -2.44. The van der Waals surface area contributed by atoms with Crippen LogP contribution >= 0.6 is 0 Å². The molecular formula is C18H23N5O2. The molecule has 7 heteroatoms. The van der Waals surface area contributed by atoms with Crippen molar-refractivity contribution in [1.29, 1.82) is 0 Å². The van der Waals surface area contributed by atoms with Gasteiger partial charge in [0.05, 0.1) is 12.3 Å². The van der Waals surface area contributed by atoms with Crippen molar-refractivity contribution < 1.29 is 9.53 Å². The molecule has 1 N–H and O–H groups in total. The molecule has 3 heterocycles. The highest BCUT2D eigenvalue weighted by molar-refractivity contribution is 5.92. The molecule has 0 unspecified atom stereocenters. The van der Waals surface area contributed by atoms with Crippen molar-refractivity contribution in [3.05, 3.63) is 36.0 Å². The number of piperidine rings is 1. The Morgan fingerprint density at radius 2 is 2.08 bits per heavy atom. The third-order valence-electron chi connectivity index (χ3n) is 5.29. The van der Waals surface area contributed by atoms with Crippen LogP contribution in [0.15, 0.2) is 24.7 Å². The number of nitrogens with zero attached hydrogens (tertiary/aromatic N) is 4. The molecule has 1 saturated carbocycles. The van der Waals surface area contributed by atoms with Gasteiger partial charge in [-0.25, -0.2) is 9.97 Å². The Kier molecular flexibility index (Phi) is 4.63. The molecule has 4 rings (SSSR count). The Bertz CT molecular complexity index is 706. The zero-order chi connectivity index (χ0) is 17.1. The lowest BCUT2D eigenvalue weighted by Gasteiger charge is -2.31. The highest BCUT2D eigenvalue weighted by Gasteiger charge is 2.25. The zero-order valence-corrected chi connectivity index (χ0v) is 14.2. The molecule has 1 amide bonds. The summed E-state index contributed by atoms with van der Waals surface area (Å²) in [6.45, 7) is 2.15. The van der Waals surface area contributed by atoms with Gasteiger partial charge in [-0.1, -0.05) is 6.42 Å². The molecule has 132 valence electrons. The summed E-state index contributed by atoms with van der Waals surface area (Å²) in [6, 6.07) is 3.70. The largest absolute Gasteiger partial charge is 0.477 e. The summed E-state index contributed by atoms with van der Waals surface area (Å²) in [4.78, 5) is 22.8. The zero-order valence-electron chi connectivity index (χ0n) is 14.2. The van der Waals surface area contributed by atoms with Crippen molar-refractivity contribution in [2.24, 2.45) is 5.92 Å². The first-order valence-corrected chi connectivity index (χ1v) is 9.03. The van der Waals surface area contributed by atoms with Gasteiger partial charge in [0.2, 0.25) is 5.88 Å². The van der Waals surface area contributed by atoms with Gasteiger partial charge in [0.25, 0.3) is 5.91 Å². The predicted molar refractivity (Wildman–Crippen MR) is 91.3 cm³/mol. The van der Waals surface area contributed by atoms with Crippen LogP contribution in [0.3, 0.4) is 0 Å². The van der Waals surface area contributed by atoms with Crippen LogP contribution in [0, 0.1) is 5.92 Å². The third-order valence-corrected chi connectivity index (χ3v) is 5.29. The van der Waals surface area contributed by atoms with Crippen LogP contribution in [0.2, 0.25) is 0 Å². The van der Waals surface area contributed by atoms with E-state index >= 15 is 0 Å². The van der Waals surface area contributed by atoms with E-state index in [0.717, 1.165) is 31.6 Å². The smallest absolute Gasteiger partial charge is 0.271 e. The van der Waals surface area contributed by atoms with E-state index in [0.29, 0.717) is 30.0 Å². The average Bonchev–Trinajstić information content (AvgIpc) is 3.13. The maximum Gasteiger partial charge on any atom is 0.271 e. The molecular weight excluding hydrogens is 318 g/mol. The van der Waals surface area contributed by atoms with Crippen LogP contribution in [0.5, 0.6) is 5.88 Å². The van der Waals surface area contributed by atoms with Gasteiger partial charge in [0.15, 0.2) is 0 Å². The van der Waals surface area contributed by atoms with Gasteiger partial charge in [-0.3, -0.25) is 9.89 Å². The molecule has 1 saturated heterocycles. The average molecular weight is 341 g/mol. The second kappa shape index (κ2) is 7.21. The summed E-state index contributed by atoms with van der Waals surface area (Å²) < 4.78 is 5.90. The van der Waals surface area contributed by atoms with E-state index in [2.05, 4.69) is 20.2 Å². The van der Waals surface area contributed by atoms with E-state index in [1.165, 1.54) is 19.3 Å². The topological polar surface area (TPSA) is 84.0 Å². The van der Waals surface area contributed by atoms with Gasteiger partial charge in [0, 0.05) is 31.3 Å². The number of hydrogen-bond acceptors (Lipinski definition) is 5. The molecule has 7 nitrogen and oxygen atoms in total. The fourth-order valence-corrected chi connectivity index (χ4v) is 3.41. The fraction of sp³-hybridized carbons (Fsp3) is 0.556. The number of carbonyl (C=O) groups excluding carboxylic acids is 1. The second-order valence-corrected chi connectivity index (χ2v) is 6.93. The fourth-order valence-electron chi connectivity index (χ4n) is 3.41. The minimum atomic E-state index is 0.0257. The van der Waals surface area contributed by atoms with Crippen molar-refractivity contribution in [2.75, 3.05) is 19.7 Å². The number of carbonyl (C=O) groups is 1. The van der Waals surface area contributed by atoms with E-state index in [4.69, 9.17) is 4.74 Å². The maximum absolute atomic E-state index is 12.3. The molecule has 2 fully saturated rings. The highest BCUT2D eigenvalue weighted by atomic mass is 16.5. The SMILES string of the molecule is O=C(c1ccn[nH]1)N1CCC(COc2cc(C3CCC3)ncn2)CC1. The van der Waals surface area contributed by atoms with E-state index in [1.807, 2.05) is 11.0 Å². The monoisotopic (exact) mass is 341 g/mol. The van der Waals surface area contributed by atoms with Crippen LogP contribution in [0.4, 0.5) is 0 Å². The molecule has 25 heavy (non-hydrogen) atoms. The Balaban J connectivity index is 1.26. The van der Waals surface area contributed by atoms with E-state index < -0.39 is 0 Å². The molecule has 0 aromatic carbocycles. The summed E-state index contributed by atoms with van der Waals surface area (Å²) in [7, 11) is 0. The summed E-state index contributed by atoms with van der Waals surface area (Å²) in [5.74, 6) is 1.74. The Morgan fingerprint density at radius 1 is 1.24 bits per heavy atom. The van der Waals surface area contributed by atoms with Crippen LogP contribution in [0.1, 0.15) is 54.2 Å². The molecule has 2 aromatic heterocycles. The second-order valence-electron chi connectivity index (χ2n) is 6.93. The first-order chi connectivity index (χ1) is 12.3. The first-order valence-electron chi connectivity index (χ1n) is 9.03. The van der Waals surface area contributed by atoms with Crippen molar-refractivity contribution >= 4 is 5.91 Å². The number of aromatic nitrogens is 4. The number of H-pyrrole nitrogens is 1. The van der Waals surface area contributed by atoms with Crippen LogP contribution < -0.4 is 4.74 Å². The Morgan fingerprint density at radius 3 is 2.76 bits per heavy atom. The van der Waals surface area contributed by atoms with Gasteiger partial charge < -0.3 is 9.64 Å². The normalized spacial score (nSPS) is 18.8. The van der Waals surface area contributed by atoms with E-state index in [-0.39, 0.29) is 5.91 Å². The van der Waals surface area contributed by atoms with Crippen LogP contribution in [-0.2, 0) is 0 Å². The lowest BCUT2D eigenvalue weighted by Crippen LogP contribution is -2.39. The minimum absolute atomic E-state index is 0.0257. The van der Waals surface area contributed by atoms with Gasteiger partial charge in [-0.2, -0.15) is 5.10 Å². The maximum atomic E-state index is 12.3. The van der Waals surface area contributed by atoms with Gasteiger partial charge in [-0.05, 0) is 37.7 Å². The number of likely N-dealkylation sites (tertiary alicyclic amines) is 1. The number of nitrogens with one attached hydrogen (secondary N) is 1. The van der Waals surface area contributed by atoms with E-state index in [1.54, 1.807) is 18.6 Å². The molecule has 0 atom stereocenters. The standard InChI is InChI=1S/C18H23N5O2/c24-18(15-4-7-21-22-15)23-8-5-13(6-9-23)11-25-17-10-16(19-12-20-17)14-2-1-3-14/h4,7,10,12-14H,1-3,5-6,8-9,11H2,(H,21,22). The van der Waals surface area contributed by atoms with Crippen molar-refractivity contribution in [3.8, 4) is 5.88 Å². The number of aromatic amines is 1. The van der Waals surface area contributed by atoms with Crippen molar-refractivity contribution in [2.45, 2.75) is 38.0 Å². The van der Waals surface area contributed by atoms with Gasteiger partial charge in [0.1, 0.15) is 12.0 Å². The van der Waals surface area contributed by atoms with Crippen molar-refractivity contribution in [1.82, 2.24) is 25.1 Å². The van der Waals surface area contributed by atoms with Crippen LogP contribution in [-0.4, -0.2) is 50.7 Å². The third kappa shape index (κ3) is 3.65. The molecule has 0 radical (unpaired) electrons. The van der Waals surface area contributed by atoms with Crippen LogP contribution in [0.25, 0.3) is 0 Å². The summed E-state index contributed by atoms with van der Waals surface area (Å²) >= 11 is 0. The first kappa shape index (κ1) is 16.1. The number of ether oxygens (including phenoxy) is 1. The molecule has 1 aliphatic heterocycles. The van der Waals surface area contributed by atoms with Gasteiger partial charge >= 0.3 is 0 Å². The van der Waals surface area contributed by atoms with E-state index in [9.17, 15) is 4.79 Å². The molecule has 2 aromatic rings. The lowest BCUT2D eigenvalue weighted by atomic mass is 9.83. The molecule has 2 aliphatic rings. The summed E-state index contributed by atoms with van der Waals surface area (Å²) in [5, 5.41) is 6.58. The number of amides is 1. The quantitative estimate of drug-likeness (QED) is 0.903. The van der Waals surface area contributed by atoms with Gasteiger partial charge in [-0.15, -0.1) is 0 Å². The molecule has 0 bridgehead atoms. The Labute approximate surface area is 146 Å². The van der Waals surface area contributed by atoms with Crippen molar-refractivity contribution in [3.63, 3.8) is 0 Å².